The summed E-state index contributed by atoms with van der Waals surface area (Å²) in [6, 6.07) is 4.27. The molecule has 0 heterocycles. The molecule has 0 unspecified atom stereocenters. The van der Waals surface area contributed by atoms with Crippen molar-refractivity contribution in [1.29, 1.82) is 0 Å². The Morgan fingerprint density at radius 1 is 1.47 bits per heavy atom. The van der Waals surface area contributed by atoms with Crippen molar-refractivity contribution < 1.29 is 9.18 Å². The summed E-state index contributed by atoms with van der Waals surface area (Å²) >= 11 is 5.89. The topological polar surface area (TPSA) is 41.1 Å². The van der Waals surface area contributed by atoms with E-state index in [0.29, 0.717) is 17.1 Å². The zero-order valence-corrected chi connectivity index (χ0v) is 10.6. The van der Waals surface area contributed by atoms with E-state index in [4.69, 9.17) is 11.6 Å². The van der Waals surface area contributed by atoms with E-state index in [1.807, 2.05) is 13.8 Å². The Labute approximate surface area is 105 Å². The molecule has 0 saturated heterocycles. The van der Waals surface area contributed by atoms with Gasteiger partial charge in [-0.15, -0.1) is 0 Å². The molecule has 0 fully saturated rings. The van der Waals surface area contributed by atoms with Crippen molar-refractivity contribution in [3.05, 3.63) is 34.6 Å². The molecule has 0 aliphatic rings. The first-order chi connectivity index (χ1) is 7.99. The maximum atomic E-state index is 12.9. The van der Waals surface area contributed by atoms with E-state index in [0.717, 1.165) is 0 Å². The number of hydrogen-bond acceptors (Lipinski definition) is 2. The van der Waals surface area contributed by atoms with Crippen molar-refractivity contribution in [3.63, 3.8) is 0 Å². The van der Waals surface area contributed by atoms with E-state index in [9.17, 15) is 9.18 Å². The lowest BCUT2D eigenvalue weighted by Gasteiger charge is -2.10. The molecule has 5 heteroatoms. The van der Waals surface area contributed by atoms with Crippen LogP contribution in [0.5, 0.6) is 0 Å². The molecule has 0 saturated carbocycles. The van der Waals surface area contributed by atoms with Crippen LogP contribution >= 0.6 is 11.6 Å². The minimum Gasteiger partial charge on any atom is -0.353 e. The molecule has 0 aliphatic carbocycles. The lowest BCUT2D eigenvalue weighted by atomic mass is 10.2. The summed E-state index contributed by atoms with van der Waals surface area (Å²) in [5, 5.41) is 6.15. The fraction of sp³-hybridized carbons (Fsp3) is 0.417. The molecular formula is C12H16ClFN2O. The Balaban J connectivity index is 2.40. The van der Waals surface area contributed by atoms with Crippen molar-refractivity contribution in [2.45, 2.75) is 26.4 Å². The fourth-order valence-electron chi connectivity index (χ4n) is 1.36. The van der Waals surface area contributed by atoms with Gasteiger partial charge in [0.1, 0.15) is 5.82 Å². The number of nitrogens with one attached hydrogen (secondary N) is 2. The van der Waals surface area contributed by atoms with Gasteiger partial charge in [-0.25, -0.2) is 4.39 Å². The van der Waals surface area contributed by atoms with Crippen LogP contribution in [0.15, 0.2) is 18.2 Å². The van der Waals surface area contributed by atoms with Gasteiger partial charge < -0.3 is 10.6 Å². The summed E-state index contributed by atoms with van der Waals surface area (Å²) < 4.78 is 12.9. The third-order valence-electron chi connectivity index (χ3n) is 2.06. The van der Waals surface area contributed by atoms with Crippen molar-refractivity contribution >= 4 is 17.5 Å². The van der Waals surface area contributed by atoms with Crippen LogP contribution in [0.4, 0.5) is 4.39 Å². The maximum Gasteiger partial charge on any atom is 0.234 e. The molecular weight excluding hydrogens is 243 g/mol. The van der Waals surface area contributed by atoms with Crippen molar-refractivity contribution in [2.24, 2.45) is 0 Å². The Hall–Kier alpha value is -1.13. The van der Waals surface area contributed by atoms with E-state index >= 15 is 0 Å². The first-order valence-corrected chi connectivity index (χ1v) is 5.81. The van der Waals surface area contributed by atoms with Gasteiger partial charge in [0.05, 0.1) is 6.54 Å². The lowest BCUT2D eigenvalue weighted by Crippen LogP contribution is -2.37. The van der Waals surface area contributed by atoms with Crippen LogP contribution in [0.2, 0.25) is 5.02 Å². The van der Waals surface area contributed by atoms with Crippen LogP contribution in [0.3, 0.4) is 0 Å². The Morgan fingerprint density at radius 2 is 2.18 bits per heavy atom. The third kappa shape index (κ3) is 5.15. The molecule has 17 heavy (non-hydrogen) atoms. The number of amides is 1. The summed E-state index contributed by atoms with van der Waals surface area (Å²) in [5.74, 6) is -0.426. The zero-order valence-electron chi connectivity index (χ0n) is 9.89. The second-order valence-corrected chi connectivity index (χ2v) is 4.47. The summed E-state index contributed by atoms with van der Waals surface area (Å²) in [6.45, 7) is 4.33. The molecule has 0 bridgehead atoms. The summed E-state index contributed by atoms with van der Waals surface area (Å²) in [4.78, 5) is 11.3. The highest BCUT2D eigenvalue weighted by Crippen LogP contribution is 2.16. The van der Waals surface area contributed by atoms with E-state index in [-0.39, 0.29) is 24.3 Å². The normalized spacial score (nSPS) is 10.6. The van der Waals surface area contributed by atoms with Gasteiger partial charge in [-0.3, -0.25) is 4.79 Å². The average Bonchev–Trinajstić information content (AvgIpc) is 2.22. The van der Waals surface area contributed by atoms with Crippen LogP contribution in [0.25, 0.3) is 0 Å². The van der Waals surface area contributed by atoms with Crippen molar-refractivity contribution in [2.75, 3.05) is 6.54 Å². The summed E-state index contributed by atoms with van der Waals surface area (Å²) in [7, 11) is 0. The predicted octanol–water partition coefficient (Wildman–Crippen LogP) is 2.09. The van der Waals surface area contributed by atoms with E-state index in [1.54, 1.807) is 0 Å². The Kier molecular flexibility index (Phi) is 5.38. The molecule has 0 aliphatic heterocycles. The standard InChI is InChI=1S/C12H16ClFN2O/c1-8(2)16-12(17)7-15-6-9-5-10(14)3-4-11(9)13/h3-5,8,15H,6-7H2,1-2H3,(H,16,17). The molecule has 0 radical (unpaired) electrons. The van der Waals surface area contributed by atoms with Crippen molar-refractivity contribution in [3.8, 4) is 0 Å². The first kappa shape index (κ1) is 13.9. The molecule has 0 atom stereocenters. The predicted molar refractivity (Wildman–Crippen MR) is 66.4 cm³/mol. The molecule has 94 valence electrons. The van der Waals surface area contributed by atoms with Gasteiger partial charge in [0.2, 0.25) is 5.91 Å². The maximum absolute atomic E-state index is 12.9. The largest absolute Gasteiger partial charge is 0.353 e. The SMILES string of the molecule is CC(C)NC(=O)CNCc1cc(F)ccc1Cl. The van der Waals surface area contributed by atoms with Gasteiger partial charge in [0.25, 0.3) is 0 Å². The van der Waals surface area contributed by atoms with E-state index < -0.39 is 0 Å². The molecule has 1 aromatic rings. The van der Waals surface area contributed by atoms with Gasteiger partial charge in [-0.1, -0.05) is 11.6 Å². The monoisotopic (exact) mass is 258 g/mol. The highest BCUT2D eigenvalue weighted by Gasteiger charge is 2.05. The van der Waals surface area contributed by atoms with Crippen molar-refractivity contribution in [1.82, 2.24) is 10.6 Å². The average molecular weight is 259 g/mol. The lowest BCUT2D eigenvalue weighted by molar-refractivity contribution is -0.120. The molecule has 3 nitrogen and oxygen atoms in total. The smallest absolute Gasteiger partial charge is 0.234 e. The molecule has 0 aromatic heterocycles. The number of benzene rings is 1. The quantitative estimate of drug-likeness (QED) is 0.849. The molecule has 0 spiro atoms. The summed E-state index contributed by atoms with van der Waals surface area (Å²) in [6.07, 6.45) is 0. The summed E-state index contributed by atoms with van der Waals surface area (Å²) in [5.41, 5.74) is 0.643. The van der Waals surface area contributed by atoms with Gasteiger partial charge in [-0.05, 0) is 37.6 Å². The molecule has 1 amide bonds. The molecule has 2 N–H and O–H groups in total. The molecule has 1 aromatic carbocycles. The molecule has 1 rings (SSSR count). The van der Waals surface area contributed by atoms with Gasteiger partial charge in [-0.2, -0.15) is 0 Å². The van der Waals surface area contributed by atoms with E-state index in [1.165, 1.54) is 18.2 Å². The second kappa shape index (κ2) is 6.57. The first-order valence-electron chi connectivity index (χ1n) is 5.43. The van der Waals surface area contributed by atoms with Gasteiger partial charge >= 0.3 is 0 Å². The van der Waals surface area contributed by atoms with Crippen LogP contribution in [-0.2, 0) is 11.3 Å². The highest BCUT2D eigenvalue weighted by atomic mass is 35.5. The van der Waals surface area contributed by atoms with Crippen LogP contribution in [0.1, 0.15) is 19.4 Å². The number of rotatable bonds is 5. The van der Waals surface area contributed by atoms with Crippen LogP contribution in [0, 0.1) is 5.82 Å². The van der Waals surface area contributed by atoms with Crippen LogP contribution in [-0.4, -0.2) is 18.5 Å². The second-order valence-electron chi connectivity index (χ2n) is 4.06. The van der Waals surface area contributed by atoms with Gasteiger partial charge in [0.15, 0.2) is 0 Å². The minimum atomic E-state index is -0.335. The Bertz CT molecular complexity index is 396. The highest BCUT2D eigenvalue weighted by molar-refractivity contribution is 6.31. The third-order valence-corrected chi connectivity index (χ3v) is 2.43. The van der Waals surface area contributed by atoms with E-state index in [2.05, 4.69) is 10.6 Å². The van der Waals surface area contributed by atoms with Gasteiger partial charge in [0, 0.05) is 17.6 Å². The van der Waals surface area contributed by atoms with Crippen LogP contribution < -0.4 is 10.6 Å². The number of carbonyl (C=O) groups excluding carboxylic acids is 1. The zero-order chi connectivity index (χ0) is 12.8. The fourth-order valence-corrected chi connectivity index (χ4v) is 1.55. The number of carbonyl (C=O) groups is 1. The number of halogens is 2. The number of hydrogen-bond donors (Lipinski definition) is 2. The Morgan fingerprint density at radius 3 is 2.82 bits per heavy atom. The minimum absolute atomic E-state index is 0.0903.